The van der Waals surface area contributed by atoms with Crippen molar-refractivity contribution in [3.63, 3.8) is 0 Å². The monoisotopic (exact) mass is 423 g/mol. The summed E-state index contributed by atoms with van der Waals surface area (Å²) in [5.74, 6) is 0. The Morgan fingerprint density at radius 2 is 1.38 bits per heavy atom. The summed E-state index contributed by atoms with van der Waals surface area (Å²) in [6.45, 7) is 8.00. The maximum Gasteiger partial charge on any atom is 0.125 e. The zero-order valence-corrected chi connectivity index (χ0v) is 19.3. The molecule has 0 fully saturated rings. The van der Waals surface area contributed by atoms with Gasteiger partial charge in [-0.25, -0.2) is 4.98 Å². The van der Waals surface area contributed by atoms with Crippen LogP contribution in [0, 0.1) is 9.28 Å². The van der Waals surface area contributed by atoms with Crippen molar-refractivity contribution >= 4 is 67.4 Å². The number of hydrogen-bond acceptors (Lipinski definition) is 5. The Labute approximate surface area is 173 Å². The maximum absolute atomic E-state index is 5.22. The van der Waals surface area contributed by atoms with Gasteiger partial charge >= 0.3 is 0 Å². The lowest BCUT2D eigenvalue weighted by atomic mass is 10.3. The van der Waals surface area contributed by atoms with E-state index >= 15 is 0 Å². The van der Waals surface area contributed by atoms with Gasteiger partial charge in [0.25, 0.3) is 0 Å². The molecule has 0 radical (unpaired) electrons. The van der Waals surface area contributed by atoms with Gasteiger partial charge in [0, 0.05) is 26.5 Å². The van der Waals surface area contributed by atoms with Crippen molar-refractivity contribution in [2.24, 2.45) is 14.1 Å². The first-order valence-corrected chi connectivity index (χ1v) is 11.1. The number of nitrogens with zero attached hydrogens (tertiary/aromatic N) is 3. The van der Waals surface area contributed by atoms with Crippen LogP contribution in [-0.2, 0) is 14.1 Å². The van der Waals surface area contributed by atoms with E-state index in [9.17, 15) is 0 Å². The lowest BCUT2D eigenvalue weighted by Gasteiger charge is -1.96. The second kappa shape index (κ2) is 11.3. The minimum absolute atomic E-state index is 0.866. The van der Waals surface area contributed by atoms with Gasteiger partial charge in [0.05, 0.1) is 20.4 Å². The van der Waals surface area contributed by atoms with Crippen LogP contribution in [0.2, 0.25) is 0 Å². The molecule has 0 aliphatic heterocycles. The van der Waals surface area contributed by atoms with Crippen LogP contribution in [0.25, 0.3) is 20.3 Å². The highest BCUT2D eigenvalue weighted by molar-refractivity contribution is 7.72. The van der Waals surface area contributed by atoms with E-state index in [1.807, 2.05) is 74.9 Å². The van der Waals surface area contributed by atoms with Gasteiger partial charge in [0.1, 0.15) is 9.28 Å². The van der Waals surface area contributed by atoms with Gasteiger partial charge in [0.15, 0.2) is 0 Å². The largest absolute Gasteiger partial charge is 0.341 e. The molecule has 0 unspecified atom stereocenters. The molecule has 4 aromatic rings. The molecule has 0 bridgehead atoms. The van der Waals surface area contributed by atoms with E-state index in [2.05, 4.69) is 22.5 Å². The topological polar surface area (TPSA) is 22.8 Å². The Kier molecular flexibility index (Phi) is 9.87. The number of hydrogen-bond donors (Lipinski definition) is 0. The maximum atomic E-state index is 5.22. The molecule has 0 N–H and O–H groups in total. The van der Waals surface area contributed by atoms with Crippen LogP contribution >= 0.6 is 47.1 Å². The Balaban J connectivity index is 0.000000219. The van der Waals surface area contributed by atoms with Crippen molar-refractivity contribution < 1.29 is 0 Å². The summed E-state index contributed by atoms with van der Waals surface area (Å²) >= 11 is 13.7. The SMILES string of the molecule is CC.CC.Cn1ccc2ccsc2c1=S.Cn1ccc2ncsc2c1=S. The molecule has 0 amide bonds. The van der Waals surface area contributed by atoms with Gasteiger partial charge in [-0.2, -0.15) is 0 Å². The molecule has 4 aromatic heterocycles. The van der Waals surface area contributed by atoms with E-state index in [0.717, 1.165) is 19.5 Å². The van der Waals surface area contributed by atoms with Crippen molar-refractivity contribution in [2.75, 3.05) is 0 Å². The molecule has 7 heteroatoms. The fourth-order valence-electron chi connectivity index (χ4n) is 1.99. The quantitative estimate of drug-likeness (QED) is 0.275. The Bertz CT molecular complexity index is 968. The first kappa shape index (κ1) is 22.6. The van der Waals surface area contributed by atoms with Crippen molar-refractivity contribution in [1.29, 1.82) is 0 Å². The summed E-state index contributed by atoms with van der Waals surface area (Å²) in [5, 5.41) is 3.32. The molecule has 0 saturated heterocycles. The van der Waals surface area contributed by atoms with Crippen molar-refractivity contribution in [3.05, 3.63) is 50.8 Å². The van der Waals surface area contributed by atoms with Crippen LogP contribution in [0.4, 0.5) is 0 Å². The third-order valence-electron chi connectivity index (χ3n) is 3.25. The molecule has 0 aliphatic carbocycles. The minimum Gasteiger partial charge on any atom is -0.341 e. The molecule has 26 heavy (non-hydrogen) atoms. The summed E-state index contributed by atoms with van der Waals surface area (Å²) in [5.41, 5.74) is 2.82. The number of thiazole rings is 1. The van der Waals surface area contributed by atoms with Gasteiger partial charge in [-0.15, -0.1) is 22.7 Å². The van der Waals surface area contributed by atoms with E-state index in [1.165, 1.54) is 10.1 Å². The van der Waals surface area contributed by atoms with E-state index in [4.69, 9.17) is 24.4 Å². The van der Waals surface area contributed by atoms with Crippen LogP contribution in [0.1, 0.15) is 27.7 Å². The van der Waals surface area contributed by atoms with Crippen LogP contribution in [0.5, 0.6) is 0 Å². The number of thiophene rings is 1. The number of aryl methyl sites for hydroxylation is 2. The third-order valence-corrected chi connectivity index (χ3v) is 6.28. The summed E-state index contributed by atoms with van der Waals surface area (Å²) in [7, 11) is 3.92. The van der Waals surface area contributed by atoms with Crippen molar-refractivity contribution in [3.8, 4) is 0 Å². The third kappa shape index (κ3) is 5.30. The molecule has 4 heterocycles. The molecule has 140 valence electrons. The predicted molar refractivity (Wildman–Crippen MR) is 124 cm³/mol. The molecule has 0 aliphatic rings. The number of aromatic nitrogens is 3. The lowest BCUT2D eigenvalue weighted by Crippen LogP contribution is -1.89. The summed E-state index contributed by atoms with van der Waals surface area (Å²) in [6.07, 6.45) is 3.93. The van der Waals surface area contributed by atoms with E-state index in [1.54, 1.807) is 22.7 Å². The van der Waals surface area contributed by atoms with Crippen molar-refractivity contribution in [1.82, 2.24) is 14.1 Å². The fraction of sp³-hybridized carbons (Fsp3) is 0.316. The van der Waals surface area contributed by atoms with Gasteiger partial charge in [-0.3, -0.25) is 0 Å². The smallest absolute Gasteiger partial charge is 0.125 e. The first-order valence-electron chi connectivity index (χ1n) is 8.49. The normalized spacial score (nSPS) is 9.46. The Morgan fingerprint density at radius 1 is 0.808 bits per heavy atom. The summed E-state index contributed by atoms with van der Waals surface area (Å²) < 4.78 is 8.00. The molecule has 0 spiro atoms. The van der Waals surface area contributed by atoms with Gasteiger partial charge in [-0.1, -0.05) is 52.1 Å². The predicted octanol–water partition coefficient (Wildman–Crippen LogP) is 7.39. The Hall–Kier alpha value is -1.41. The van der Waals surface area contributed by atoms with Crippen LogP contribution < -0.4 is 0 Å². The summed E-state index contributed by atoms with van der Waals surface area (Å²) in [6, 6.07) is 6.15. The highest BCUT2D eigenvalue weighted by Gasteiger charge is 1.98. The summed E-state index contributed by atoms with van der Waals surface area (Å²) in [4.78, 5) is 4.16. The number of pyridine rings is 2. The molecule has 0 aromatic carbocycles. The molecule has 3 nitrogen and oxygen atoms in total. The molecule has 0 saturated carbocycles. The average Bonchev–Trinajstić information content (AvgIpc) is 3.35. The van der Waals surface area contributed by atoms with Crippen LogP contribution in [0.3, 0.4) is 0 Å². The zero-order chi connectivity index (χ0) is 19.7. The van der Waals surface area contributed by atoms with E-state index < -0.39 is 0 Å². The molecule has 0 atom stereocenters. The van der Waals surface area contributed by atoms with Crippen LogP contribution in [-0.4, -0.2) is 14.1 Å². The van der Waals surface area contributed by atoms with Gasteiger partial charge < -0.3 is 9.13 Å². The van der Waals surface area contributed by atoms with Crippen LogP contribution in [0.15, 0.2) is 41.5 Å². The van der Waals surface area contributed by atoms with Gasteiger partial charge in [-0.05, 0) is 29.0 Å². The fourth-order valence-corrected chi connectivity index (χ4v) is 4.25. The van der Waals surface area contributed by atoms with Crippen molar-refractivity contribution in [2.45, 2.75) is 27.7 Å². The van der Waals surface area contributed by atoms with E-state index in [0.29, 0.717) is 0 Å². The second-order valence-electron chi connectivity index (χ2n) is 4.74. The average molecular weight is 424 g/mol. The molecular formula is C19H25N3S4. The second-order valence-corrected chi connectivity index (χ2v) is 7.28. The van der Waals surface area contributed by atoms with Gasteiger partial charge in [0.2, 0.25) is 0 Å². The molecule has 4 rings (SSSR count). The highest BCUT2D eigenvalue weighted by atomic mass is 32.1. The first-order chi connectivity index (χ1) is 12.6. The Morgan fingerprint density at radius 3 is 2.04 bits per heavy atom. The highest BCUT2D eigenvalue weighted by Crippen LogP contribution is 2.21. The molecular weight excluding hydrogens is 398 g/mol. The lowest BCUT2D eigenvalue weighted by molar-refractivity contribution is 0.900. The standard InChI is InChI=1S/C8H7NS2.C7H6N2S2.2C2H6/c1-9-4-2-6-3-5-11-7(6)8(9)10;1-9-3-2-5-6(7(9)10)11-4-8-5;2*1-2/h2-5H,1H3;2-4H,1H3;2*1-2H3. The number of rotatable bonds is 0. The zero-order valence-electron chi connectivity index (χ0n) is 16.0. The minimum atomic E-state index is 0.866. The number of fused-ring (bicyclic) bond motifs is 2. The van der Waals surface area contributed by atoms with E-state index in [-0.39, 0.29) is 0 Å².